The van der Waals surface area contributed by atoms with Crippen molar-refractivity contribution in [2.75, 3.05) is 24.2 Å². The molecule has 9 heteroatoms. The average Bonchev–Trinajstić information content (AvgIpc) is 3.47. The molecule has 0 aromatic heterocycles. The summed E-state index contributed by atoms with van der Waals surface area (Å²) in [5, 5.41) is 3.18. The number of carbonyl (C=O) groups excluding carboxylic acids is 2. The number of sulfonamides is 1. The van der Waals surface area contributed by atoms with Gasteiger partial charge in [-0.25, -0.2) is 8.42 Å². The van der Waals surface area contributed by atoms with E-state index < -0.39 is 28.5 Å². The second kappa shape index (κ2) is 13.7. The fourth-order valence-electron chi connectivity index (χ4n) is 5.33. The average molecular weight is 578 g/mol. The summed E-state index contributed by atoms with van der Waals surface area (Å²) in [6.07, 6.45) is 5.30. The third-order valence-electron chi connectivity index (χ3n) is 7.52. The third kappa shape index (κ3) is 8.10. The molecule has 1 fully saturated rings. The molecule has 0 aliphatic heterocycles. The number of aryl methyl sites for hydroxylation is 1. The highest BCUT2D eigenvalue weighted by molar-refractivity contribution is 7.92. The van der Waals surface area contributed by atoms with Crippen molar-refractivity contribution >= 4 is 27.5 Å². The van der Waals surface area contributed by atoms with Gasteiger partial charge in [0.2, 0.25) is 21.8 Å². The van der Waals surface area contributed by atoms with Crippen LogP contribution in [-0.4, -0.2) is 57.1 Å². The minimum absolute atomic E-state index is 0.0639. The minimum atomic E-state index is -3.81. The molecule has 1 N–H and O–H groups in total. The molecule has 1 atom stereocenters. The number of hydrogen-bond acceptors (Lipinski definition) is 5. The lowest BCUT2D eigenvalue weighted by atomic mass is 10.0. The Bertz CT molecular complexity index is 1440. The Morgan fingerprint density at radius 2 is 1.61 bits per heavy atom. The zero-order chi connectivity index (χ0) is 29.4. The maximum atomic E-state index is 14.2. The fraction of sp³-hybridized carbons (Fsp3) is 0.375. The Hall–Kier alpha value is -3.85. The van der Waals surface area contributed by atoms with Gasteiger partial charge in [-0.3, -0.25) is 13.9 Å². The fourth-order valence-corrected chi connectivity index (χ4v) is 6.23. The van der Waals surface area contributed by atoms with Crippen molar-refractivity contribution < 1.29 is 22.7 Å². The van der Waals surface area contributed by atoms with E-state index in [1.807, 2.05) is 60.7 Å². The summed E-state index contributed by atoms with van der Waals surface area (Å²) in [6, 6.07) is 23.2. The molecule has 3 aromatic carbocycles. The number of amides is 2. The second-order valence-corrected chi connectivity index (χ2v) is 12.5. The molecule has 8 nitrogen and oxygen atoms in total. The number of methoxy groups -OCH3 is 1. The van der Waals surface area contributed by atoms with Crippen molar-refractivity contribution in [2.24, 2.45) is 0 Å². The maximum absolute atomic E-state index is 14.2. The quantitative estimate of drug-likeness (QED) is 0.343. The lowest BCUT2D eigenvalue weighted by Gasteiger charge is -2.34. The SMILES string of the molecule is COc1cccc(CN(C(=O)CN(c2ccccc2C)S(C)(=O)=O)C(Cc2ccccc2)C(=O)NC2CCCC2)c1. The number of para-hydroxylation sites is 1. The van der Waals surface area contributed by atoms with Crippen molar-refractivity contribution in [3.63, 3.8) is 0 Å². The van der Waals surface area contributed by atoms with Crippen molar-refractivity contribution in [3.8, 4) is 5.75 Å². The number of rotatable bonds is 12. The van der Waals surface area contributed by atoms with Gasteiger partial charge in [-0.15, -0.1) is 0 Å². The van der Waals surface area contributed by atoms with Gasteiger partial charge in [0.25, 0.3) is 0 Å². The summed E-state index contributed by atoms with van der Waals surface area (Å²) in [7, 11) is -2.24. The van der Waals surface area contributed by atoms with Gasteiger partial charge in [0, 0.05) is 19.0 Å². The van der Waals surface area contributed by atoms with Gasteiger partial charge in [0.15, 0.2) is 0 Å². The van der Waals surface area contributed by atoms with Crippen molar-refractivity contribution in [1.29, 1.82) is 0 Å². The Labute approximate surface area is 243 Å². The van der Waals surface area contributed by atoms with Crippen molar-refractivity contribution in [2.45, 2.75) is 57.7 Å². The predicted molar refractivity (Wildman–Crippen MR) is 161 cm³/mol. The van der Waals surface area contributed by atoms with Crippen LogP contribution in [0.2, 0.25) is 0 Å². The van der Waals surface area contributed by atoms with Gasteiger partial charge in [0.1, 0.15) is 18.3 Å². The topological polar surface area (TPSA) is 96.0 Å². The smallest absolute Gasteiger partial charge is 0.244 e. The molecule has 0 spiro atoms. The standard InChI is InChI=1S/C32H39N3O5S/c1-24-12-7-10-19-29(24)35(41(3,38)39)23-31(36)34(22-26-15-11-18-28(20-26)40-2)30(21-25-13-5-4-6-14-25)32(37)33-27-16-8-9-17-27/h4-7,10-15,18-20,27,30H,8-9,16-17,21-23H2,1-3H3,(H,33,37). The normalized spacial score (nSPS) is 14.3. The number of nitrogens with zero attached hydrogens (tertiary/aromatic N) is 2. The summed E-state index contributed by atoms with van der Waals surface area (Å²) >= 11 is 0. The summed E-state index contributed by atoms with van der Waals surface area (Å²) in [5.74, 6) is -0.0783. The number of ether oxygens (including phenoxy) is 1. The first-order valence-corrected chi connectivity index (χ1v) is 15.8. The number of hydrogen-bond donors (Lipinski definition) is 1. The van der Waals surface area contributed by atoms with E-state index in [-0.39, 0.29) is 18.5 Å². The van der Waals surface area contributed by atoms with E-state index in [0.29, 0.717) is 17.9 Å². The molecule has 0 bridgehead atoms. The molecule has 1 unspecified atom stereocenters. The molecule has 0 radical (unpaired) electrons. The van der Waals surface area contributed by atoms with Crippen molar-refractivity contribution in [1.82, 2.24) is 10.2 Å². The van der Waals surface area contributed by atoms with Gasteiger partial charge < -0.3 is 15.0 Å². The van der Waals surface area contributed by atoms with Crippen LogP contribution in [0.15, 0.2) is 78.9 Å². The largest absolute Gasteiger partial charge is 0.497 e. The van der Waals surface area contributed by atoms with Crippen LogP contribution in [-0.2, 0) is 32.6 Å². The molecule has 0 saturated heterocycles. The van der Waals surface area contributed by atoms with E-state index in [1.54, 1.807) is 32.2 Å². The Balaban J connectivity index is 1.74. The highest BCUT2D eigenvalue weighted by atomic mass is 32.2. The monoisotopic (exact) mass is 577 g/mol. The Kier molecular flexibility index (Phi) is 10.0. The van der Waals surface area contributed by atoms with Gasteiger partial charge in [-0.05, 0) is 54.7 Å². The van der Waals surface area contributed by atoms with Gasteiger partial charge in [-0.1, -0.05) is 73.5 Å². The molecule has 218 valence electrons. The summed E-state index contributed by atoms with van der Waals surface area (Å²) in [5.41, 5.74) is 2.83. The highest BCUT2D eigenvalue weighted by Crippen LogP contribution is 2.25. The Morgan fingerprint density at radius 3 is 2.27 bits per heavy atom. The predicted octanol–water partition coefficient (Wildman–Crippen LogP) is 4.47. The van der Waals surface area contributed by atoms with Gasteiger partial charge >= 0.3 is 0 Å². The van der Waals surface area contributed by atoms with Crippen LogP contribution < -0.4 is 14.4 Å². The van der Waals surface area contributed by atoms with E-state index in [2.05, 4.69) is 5.32 Å². The molecule has 1 aliphatic carbocycles. The summed E-state index contributed by atoms with van der Waals surface area (Å²) in [6.45, 7) is 1.48. The first-order valence-electron chi connectivity index (χ1n) is 14.0. The summed E-state index contributed by atoms with van der Waals surface area (Å²) in [4.78, 5) is 29.7. The maximum Gasteiger partial charge on any atom is 0.244 e. The van der Waals surface area contributed by atoms with E-state index in [9.17, 15) is 18.0 Å². The minimum Gasteiger partial charge on any atom is -0.497 e. The first-order chi connectivity index (χ1) is 19.7. The zero-order valence-corrected chi connectivity index (χ0v) is 24.8. The van der Waals surface area contributed by atoms with Crippen LogP contribution in [0.25, 0.3) is 0 Å². The number of anilines is 1. The Morgan fingerprint density at radius 1 is 0.951 bits per heavy atom. The number of benzene rings is 3. The van der Waals surface area contributed by atoms with E-state index in [0.717, 1.165) is 52.9 Å². The molecule has 2 amide bonds. The zero-order valence-electron chi connectivity index (χ0n) is 24.0. The van der Waals surface area contributed by atoms with Crippen LogP contribution in [0, 0.1) is 6.92 Å². The van der Waals surface area contributed by atoms with Crippen LogP contribution in [0.4, 0.5) is 5.69 Å². The number of nitrogens with one attached hydrogen (secondary N) is 1. The molecule has 4 rings (SSSR count). The molecule has 3 aromatic rings. The molecule has 1 aliphatic rings. The second-order valence-electron chi connectivity index (χ2n) is 10.6. The third-order valence-corrected chi connectivity index (χ3v) is 8.65. The molecule has 1 saturated carbocycles. The molecule has 0 heterocycles. The first kappa shape index (κ1) is 30.1. The van der Waals surface area contributed by atoms with Crippen LogP contribution in [0.5, 0.6) is 5.75 Å². The number of carbonyl (C=O) groups is 2. The highest BCUT2D eigenvalue weighted by Gasteiger charge is 2.34. The van der Waals surface area contributed by atoms with Gasteiger partial charge in [0.05, 0.1) is 19.1 Å². The van der Waals surface area contributed by atoms with E-state index in [4.69, 9.17) is 4.74 Å². The van der Waals surface area contributed by atoms with Crippen LogP contribution in [0.1, 0.15) is 42.4 Å². The van der Waals surface area contributed by atoms with Crippen molar-refractivity contribution in [3.05, 3.63) is 95.6 Å². The van der Waals surface area contributed by atoms with Gasteiger partial charge in [-0.2, -0.15) is 0 Å². The lowest BCUT2D eigenvalue weighted by molar-refractivity contribution is -0.140. The molecular weight excluding hydrogens is 538 g/mol. The molecular formula is C32H39N3O5S. The summed E-state index contributed by atoms with van der Waals surface area (Å²) < 4.78 is 32.5. The lowest BCUT2D eigenvalue weighted by Crippen LogP contribution is -2.54. The van der Waals surface area contributed by atoms with Crippen LogP contribution in [0.3, 0.4) is 0 Å². The van der Waals surface area contributed by atoms with E-state index >= 15 is 0 Å². The van der Waals surface area contributed by atoms with Crippen LogP contribution >= 0.6 is 0 Å². The van der Waals surface area contributed by atoms with E-state index in [1.165, 1.54) is 4.90 Å². The molecule has 41 heavy (non-hydrogen) atoms.